The van der Waals surface area contributed by atoms with Crippen LogP contribution in [0.4, 0.5) is 0 Å². The van der Waals surface area contributed by atoms with Crippen molar-refractivity contribution < 1.29 is 0 Å². The summed E-state index contributed by atoms with van der Waals surface area (Å²) in [6, 6.07) is 9.10. The summed E-state index contributed by atoms with van der Waals surface area (Å²) in [6.45, 7) is 2.21. The first-order chi connectivity index (χ1) is 10.1. The molecule has 1 aromatic carbocycles. The van der Waals surface area contributed by atoms with Gasteiger partial charge in [0.25, 0.3) is 0 Å². The first kappa shape index (κ1) is 14.1. The van der Waals surface area contributed by atoms with Crippen molar-refractivity contribution in [3.8, 4) is 0 Å². The topological polar surface area (TPSA) is 26.0 Å². The van der Waals surface area contributed by atoms with Crippen molar-refractivity contribution in [2.45, 2.75) is 56.4 Å². The van der Waals surface area contributed by atoms with Gasteiger partial charge in [-0.3, -0.25) is 0 Å². The van der Waals surface area contributed by atoms with Crippen LogP contribution in [0.25, 0.3) is 0 Å². The molecule has 0 saturated heterocycles. The number of hydrogen-bond acceptors (Lipinski definition) is 2. The summed E-state index contributed by atoms with van der Waals surface area (Å²) in [7, 11) is 0. The smallest absolute Gasteiger partial charge is 0.0191 e. The number of rotatable bonds is 4. The Hall–Kier alpha value is -0.470. The van der Waals surface area contributed by atoms with E-state index in [2.05, 4.69) is 31.2 Å². The van der Waals surface area contributed by atoms with Crippen LogP contribution < -0.4 is 5.73 Å². The predicted octanol–water partition coefficient (Wildman–Crippen LogP) is 4.63. The average molecular weight is 301 g/mol. The Balaban J connectivity index is 1.45. The van der Waals surface area contributed by atoms with E-state index < -0.39 is 0 Å². The van der Waals surface area contributed by atoms with Gasteiger partial charge in [0.05, 0.1) is 0 Å². The van der Waals surface area contributed by atoms with E-state index in [-0.39, 0.29) is 0 Å². The summed E-state index contributed by atoms with van der Waals surface area (Å²) in [5.41, 5.74) is 8.63. The molecule has 0 radical (unpaired) electrons. The highest BCUT2D eigenvalue weighted by molar-refractivity contribution is 7.99. The molecule has 4 fully saturated rings. The molecule has 1 atom stereocenters. The van der Waals surface area contributed by atoms with Crippen molar-refractivity contribution in [2.24, 2.45) is 28.9 Å². The van der Waals surface area contributed by atoms with Crippen molar-refractivity contribution in [3.63, 3.8) is 0 Å². The van der Waals surface area contributed by atoms with E-state index in [9.17, 15) is 0 Å². The largest absolute Gasteiger partial charge is 0.326 e. The van der Waals surface area contributed by atoms with Crippen LogP contribution in [0.2, 0.25) is 0 Å². The third-order valence-electron chi connectivity index (χ3n) is 6.38. The lowest BCUT2D eigenvalue weighted by molar-refractivity contribution is -0.0629. The highest BCUT2D eigenvalue weighted by atomic mass is 32.2. The molecule has 0 heterocycles. The third kappa shape index (κ3) is 2.55. The van der Waals surface area contributed by atoms with Crippen molar-refractivity contribution in [1.29, 1.82) is 0 Å². The molecule has 4 aliphatic rings. The molecule has 0 aromatic heterocycles. The van der Waals surface area contributed by atoms with Crippen LogP contribution >= 0.6 is 11.8 Å². The number of hydrogen-bond donors (Lipinski definition) is 1. The highest BCUT2D eigenvalue weighted by Gasteiger charge is 2.53. The van der Waals surface area contributed by atoms with Gasteiger partial charge in [0.1, 0.15) is 0 Å². The van der Waals surface area contributed by atoms with E-state index in [1.165, 1.54) is 49.0 Å². The second-order valence-electron chi connectivity index (χ2n) is 7.96. The molecule has 1 unspecified atom stereocenters. The molecule has 2 heteroatoms. The van der Waals surface area contributed by atoms with Gasteiger partial charge in [-0.1, -0.05) is 18.2 Å². The quantitative estimate of drug-likeness (QED) is 0.820. The first-order valence-corrected chi connectivity index (χ1v) is 9.57. The summed E-state index contributed by atoms with van der Waals surface area (Å²) in [5, 5.41) is 0. The van der Waals surface area contributed by atoms with Crippen molar-refractivity contribution in [1.82, 2.24) is 0 Å². The first-order valence-electron chi connectivity index (χ1n) is 8.59. The van der Waals surface area contributed by atoms with Crippen LogP contribution in [-0.2, 0) is 0 Å². The summed E-state index contributed by atoms with van der Waals surface area (Å²) in [4.78, 5) is 1.41. The Morgan fingerprint density at radius 1 is 1.10 bits per heavy atom. The van der Waals surface area contributed by atoms with Crippen LogP contribution in [0.5, 0.6) is 0 Å². The van der Waals surface area contributed by atoms with Gasteiger partial charge < -0.3 is 5.73 Å². The van der Waals surface area contributed by atoms with Gasteiger partial charge in [-0.15, -0.1) is 11.8 Å². The molecule has 114 valence electrons. The maximum Gasteiger partial charge on any atom is 0.0191 e. The number of nitrogens with two attached hydrogens (primary N) is 1. The second kappa shape index (κ2) is 5.31. The molecule has 0 spiro atoms. The van der Waals surface area contributed by atoms with Crippen LogP contribution in [-0.4, -0.2) is 11.8 Å². The Kier molecular flexibility index (Phi) is 3.58. The molecular formula is C19H27NS. The van der Waals surface area contributed by atoms with Gasteiger partial charge in [-0.05, 0) is 80.2 Å². The fourth-order valence-corrected chi connectivity index (χ4v) is 6.89. The molecule has 21 heavy (non-hydrogen) atoms. The molecule has 2 N–H and O–H groups in total. The van der Waals surface area contributed by atoms with Gasteiger partial charge in [0, 0.05) is 16.7 Å². The molecule has 4 saturated carbocycles. The van der Waals surface area contributed by atoms with Crippen LogP contribution in [0.1, 0.15) is 44.1 Å². The third-order valence-corrected chi connectivity index (χ3v) is 7.68. The van der Waals surface area contributed by atoms with Crippen LogP contribution in [0, 0.1) is 30.1 Å². The second-order valence-corrected chi connectivity index (χ2v) is 9.02. The molecule has 1 aromatic rings. The minimum Gasteiger partial charge on any atom is -0.326 e. The van der Waals surface area contributed by atoms with Crippen LogP contribution in [0.15, 0.2) is 29.2 Å². The Labute approximate surface area is 133 Å². The zero-order chi connectivity index (χ0) is 14.4. The lowest BCUT2D eigenvalue weighted by atomic mass is 9.48. The van der Waals surface area contributed by atoms with Crippen LogP contribution in [0.3, 0.4) is 0 Å². The molecule has 4 aliphatic carbocycles. The fourth-order valence-electron chi connectivity index (χ4n) is 5.71. The van der Waals surface area contributed by atoms with E-state index in [1.54, 1.807) is 0 Å². The summed E-state index contributed by atoms with van der Waals surface area (Å²) >= 11 is 1.98. The van der Waals surface area contributed by atoms with E-state index in [0.29, 0.717) is 11.5 Å². The summed E-state index contributed by atoms with van der Waals surface area (Å²) in [5.74, 6) is 4.11. The van der Waals surface area contributed by atoms with Gasteiger partial charge in [-0.25, -0.2) is 0 Å². The maximum atomic E-state index is 6.75. The van der Waals surface area contributed by atoms with Gasteiger partial charge >= 0.3 is 0 Å². The zero-order valence-electron chi connectivity index (χ0n) is 13.1. The summed E-state index contributed by atoms with van der Waals surface area (Å²) < 4.78 is 0. The number of aryl methyl sites for hydroxylation is 1. The van der Waals surface area contributed by atoms with Crippen molar-refractivity contribution >= 4 is 11.8 Å². The van der Waals surface area contributed by atoms with Crippen molar-refractivity contribution in [2.75, 3.05) is 5.75 Å². The van der Waals surface area contributed by atoms with E-state index in [4.69, 9.17) is 5.73 Å². The van der Waals surface area contributed by atoms with E-state index in [0.717, 1.165) is 23.5 Å². The highest BCUT2D eigenvalue weighted by Crippen LogP contribution is 2.61. The predicted molar refractivity (Wildman–Crippen MR) is 90.5 cm³/mol. The van der Waals surface area contributed by atoms with E-state index >= 15 is 0 Å². The van der Waals surface area contributed by atoms with Gasteiger partial charge in [-0.2, -0.15) is 0 Å². The summed E-state index contributed by atoms with van der Waals surface area (Å²) in [6.07, 6.45) is 8.81. The molecular weight excluding hydrogens is 274 g/mol. The standard InChI is InChI=1S/C19H27NS/c1-13-4-2-3-5-17(13)21-12-18(20)19-9-14-6-15(10-19)8-16(7-14)11-19/h2-5,14-16,18H,6-12,20H2,1H3. The fraction of sp³-hybridized carbons (Fsp3) is 0.684. The molecule has 0 aliphatic heterocycles. The lowest BCUT2D eigenvalue weighted by Gasteiger charge is -2.59. The van der Waals surface area contributed by atoms with Gasteiger partial charge in [0.15, 0.2) is 0 Å². The Bertz CT molecular complexity index is 489. The average Bonchev–Trinajstić information content (AvgIpc) is 2.44. The number of benzene rings is 1. The molecule has 0 amide bonds. The SMILES string of the molecule is Cc1ccccc1SCC(N)C12CC3CC(CC(C3)C1)C2. The van der Waals surface area contributed by atoms with Gasteiger partial charge in [0.2, 0.25) is 0 Å². The maximum absolute atomic E-state index is 6.75. The van der Waals surface area contributed by atoms with E-state index in [1.807, 2.05) is 11.8 Å². The lowest BCUT2D eigenvalue weighted by Crippen LogP contribution is -2.55. The molecule has 5 rings (SSSR count). The monoisotopic (exact) mass is 301 g/mol. The normalized spacial score (nSPS) is 38.7. The number of thioether (sulfide) groups is 1. The zero-order valence-corrected chi connectivity index (χ0v) is 13.9. The minimum absolute atomic E-state index is 0.385. The molecule has 1 nitrogen and oxygen atoms in total. The van der Waals surface area contributed by atoms with Crippen molar-refractivity contribution in [3.05, 3.63) is 29.8 Å². The Morgan fingerprint density at radius 3 is 2.24 bits per heavy atom. The Morgan fingerprint density at radius 2 is 1.67 bits per heavy atom. The molecule has 4 bridgehead atoms. The minimum atomic E-state index is 0.385.